The van der Waals surface area contributed by atoms with Crippen molar-refractivity contribution in [1.82, 2.24) is 5.32 Å². The molecule has 21 heavy (non-hydrogen) atoms. The van der Waals surface area contributed by atoms with Gasteiger partial charge in [-0.25, -0.2) is 8.42 Å². The van der Waals surface area contributed by atoms with Gasteiger partial charge in [-0.05, 0) is 39.0 Å². The van der Waals surface area contributed by atoms with Gasteiger partial charge in [0.15, 0.2) is 9.84 Å². The van der Waals surface area contributed by atoms with Crippen LogP contribution in [0, 0.1) is 5.92 Å². The molecule has 1 saturated carbocycles. The lowest BCUT2D eigenvalue weighted by Gasteiger charge is -2.36. The molecule has 6 nitrogen and oxygen atoms in total. The topological polar surface area (TPSA) is 92.7 Å². The van der Waals surface area contributed by atoms with Crippen LogP contribution in [0.1, 0.15) is 39.0 Å². The molecule has 2 fully saturated rings. The highest BCUT2D eigenvalue weighted by Gasteiger charge is 2.37. The zero-order valence-electron chi connectivity index (χ0n) is 12.5. The zero-order valence-corrected chi connectivity index (χ0v) is 13.3. The van der Waals surface area contributed by atoms with Gasteiger partial charge in [-0.15, -0.1) is 0 Å². The molecule has 2 N–H and O–H groups in total. The van der Waals surface area contributed by atoms with E-state index >= 15 is 0 Å². The SMILES string of the molecule is CCOC(=O)C1CCC(O)(CNC2CCS(=O)(=O)C2)CC1. The molecule has 122 valence electrons. The fraction of sp³-hybridized carbons (Fsp3) is 0.929. The Bertz CT molecular complexity index is 468. The van der Waals surface area contributed by atoms with Crippen LogP contribution in [0.4, 0.5) is 0 Å². The van der Waals surface area contributed by atoms with Crippen LogP contribution < -0.4 is 5.32 Å². The maximum atomic E-state index is 11.7. The first kappa shape index (κ1) is 16.7. The Morgan fingerprint density at radius 3 is 2.52 bits per heavy atom. The lowest BCUT2D eigenvalue weighted by molar-refractivity contribution is -0.151. The molecule has 1 heterocycles. The summed E-state index contributed by atoms with van der Waals surface area (Å²) in [5.74, 6) is 0.106. The van der Waals surface area contributed by atoms with E-state index in [-0.39, 0.29) is 29.4 Å². The average molecular weight is 319 g/mol. The van der Waals surface area contributed by atoms with E-state index in [1.165, 1.54) is 0 Å². The van der Waals surface area contributed by atoms with Crippen LogP contribution in [0.25, 0.3) is 0 Å². The second-order valence-electron chi connectivity index (χ2n) is 6.23. The molecule has 0 amide bonds. The van der Waals surface area contributed by atoms with Gasteiger partial charge in [0.05, 0.1) is 29.6 Å². The minimum Gasteiger partial charge on any atom is -0.466 e. The summed E-state index contributed by atoms with van der Waals surface area (Å²) in [5.41, 5.74) is -0.838. The van der Waals surface area contributed by atoms with Gasteiger partial charge in [0, 0.05) is 12.6 Å². The minimum absolute atomic E-state index is 0.0539. The summed E-state index contributed by atoms with van der Waals surface area (Å²) in [7, 11) is -2.90. The molecule has 0 aromatic carbocycles. The molecule has 0 aromatic heterocycles. The van der Waals surface area contributed by atoms with Crippen LogP contribution in [0.5, 0.6) is 0 Å². The highest BCUT2D eigenvalue weighted by Crippen LogP contribution is 2.32. The number of sulfone groups is 1. The van der Waals surface area contributed by atoms with E-state index in [9.17, 15) is 18.3 Å². The maximum Gasteiger partial charge on any atom is 0.308 e. The summed E-state index contributed by atoms with van der Waals surface area (Å²) in [6.07, 6.45) is 2.95. The average Bonchev–Trinajstić information content (AvgIpc) is 2.77. The Balaban J connectivity index is 1.76. The molecule has 0 spiro atoms. The molecule has 0 aromatic rings. The van der Waals surface area contributed by atoms with Crippen LogP contribution >= 0.6 is 0 Å². The number of hydrogen-bond donors (Lipinski definition) is 2. The minimum atomic E-state index is -2.90. The van der Waals surface area contributed by atoms with E-state index < -0.39 is 15.4 Å². The maximum absolute atomic E-state index is 11.7. The van der Waals surface area contributed by atoms with Gasteiger partial charge >= 0.3 is 5.97 Å². The molecular formula is C14H25NO5S. The second kappa shape index (κ2) is 6.62. The standard InChI is InChI=1S/C14H25NO5S/c1-2-20-13(16)11-3-6-14(17,7-4-11)10-15-12-5-8-21(18,19)9-12/h11-12,15,17H,2-10H2,1H3. The van der Waals surface area contributed by atoms with Gasteiger partial charge in [-0.1, -0.05) is 0 Å². The number of esters is 1. The second-order valence-corrected chi connectivity index (χ2v) is 8.46. The molecule has 0 bridgehead atoms. The molecule has 2 rings (SSSR count). The monoisotopic (exact) mass is 319 g/mol. The Labute approximate surface area is 126 Å². The Morgan fingerprint density at radius 2 is 2.00 bits per heavy atom. The third-order valence-corrected chi connectivity index (χ3v) is 6.26. The molecule has 1 unspecified atom stereocenters. The van der Waals surface area contributed by atoms with Gasteiger partial charge in [0.2, 0.25) is 0 Å². The largest absolute Gasteiger partial charge is 0.466 e. The Morgan fingerprint density at radius 1 is 1.33 bits per heavy atom. The van der Waals surface area contributed by atoms with Crippen molar-refractivity contribution < 1.29 is 23.1 Å². The predicted octanol–water partition coefficient (Wildman–Crippen LogP) is 0.248. The van der Waals surface area contributed by atoms with Gasteiger partial charge < -0.3 is 15.2 Å². The summed E-state index contributed by atoms with van der Waals surface area (Å²) in [5, 5.41) is 13.7. The zero-order chi connectivity index (χ0) is 15.5. The quantitative estimate of drug-likeness (QED) is 0.706. The van der Waals surface area contributed by atoms with E-state index in [1.54, 1.807) is 6.92 Å². The lowest BCUT2D eigenvalue weighted by atomic mass is 9.78. The fourth-order valence-corrected chi connectivity index (χ4v) is 4.83. The van der Waals surface area contributed by atoms with Crippen LogP contribution in [-0.2, 0) is 19.4 Å². The van der Waals surface area contributed by atoms with Crippen molar-refractivity contribution in [3.05, 3.63) is 0 Å². The third kappa shape index (κ3) is 4.66. The molecular weight excluding hydrogens is 294 g/mol. The molecule has 1 aliphatic carbocycles. The number of ether oxygens (including phenoxy) is 1. The van der Waals surface area contributed by atoms with Crippen LogP contribution in [0.3, 0.4) is 0 Å². The van der Waals surface area contributed by atoms with Crippen LogP contribution in [0.2, 0.25) is 0 Å². The lowest BCUT2D eigenvalue weighted by Crippen LogP contribution is -2.47. The normalized spacial score (nSPS) is 35.5. The number of carbonyl (C=O) groups excluding carboxylic acids is 1. The highest BCUT2D eigenvalue weighted by molar-refractivity contribution is 7.91. The summed E-state index contributed by atoms with van der Waals surface area (Å²) in [6.45, 7) is 2.57. The number of aliphatic hydroxyl groups is 1. The van der Waals surface area contributed by atoms with Crippen LogP contribution in [0.15, 0.2) is 0 Å². The smallest absolute Gasteiger partial charge is 0.308 e. The Kier molecular flexibility index (Phi) is 5.27. The van der Waals surface area contributed by atoms with Gasteiger partial charge in [0.25, 0.3) is 0 Å². The van der Waals surface area contributed by atoms with Crippen molar-refractivity contribution >= 4 is 15.8 Å². The van der Waals surface area contributed by atoms with Gasteiger partial charge in [-0.3, -0.25) is 4.79 Å². The molecule has 7 heteroatoms. The van der Waals surface area contributed by atoms with Crippen molar-refractivity contribution in [3.63, 3.8) is 0 Å². The third-order valence-electron chi connectivity index (χ3n) is 4.49. The number of hydrogen-bond acceptors (Lipinski definition) is 6. The van der Waals surface area contributed by atoms with Gasteiger partial charge in [0.1, 0.15) is 0 Å². The predicted molar refractivity (Wildman–Crippen MR) is 78.6 cm³/mol. The molecule has 1 atom stereocenters. The molecule has 2 aliphatic rings. The molecule has 0 radical (unpaired) electrons. The number of nitrogens with one attached hydrogen (secondary N) is 1. The van der Waals surface area contributed by atoms with Crippen molar-refractivity contribution in [2.45, 2.75) is 50.7 Å². The highest BCUT2D eigenvalue weighted by atomic mass is 32.2. The van der Waals surface area contributed by atoms with E-state index in [4.69, 9.17) is 4.74 Å². The fourth-order valence-electron chi connectivity index (χ4n) is 3.12. The van der Waals surface area contributed by atoms with Crippen molar-refractivity contribution in [3.8, 4) is 0 Å². The van der Waals surface area contributed by atoms with E-state index in [2.05, 4.69) is 5.32 Å². The number of carbonyl (C=O) groups is 1. The summed E-state index contributed by atoms with van der Waals surface area (Å²) < 4.78 is 27.8. The van der Waals surface area contributed by atoms with Crippen molar-refractivity contribution in [2.75, 3.05) is 24.7 Å². The summed E-state index contributed by atoms with van der Waals surface area (Å²) in [4.78, 5) is 11.7. The summed E-state index contributed by atoms with van der Waals surface area (Å²) >= 11 is 0. The van der Waals surface area contributed by atoms with E-state index in [0.29, 0.717) is 45.3 Å². The number of rotatable bonds is 5. The Hall–Kier alpha value is -0.660. The summed E-state index contributed by atoms with van der Waals surface area (Å²) in [6, 6.07) is -0.0539. The van der Waals surface area contributed by atoms with Crippen LogP contribution in [-0.4, -0.2) is 55.8 Å². The van der Waals surface area contributed by atoms with E-state index in [0.717, 1.165) is 0 Å². The first-order chi connectivity index (χ1) is 9.84. The first-order valence-electron chi connectivity index (χ1n) is 7.66. The van der Waals surface area contributed by atoms with Crippen molar-refractivity contribution in [2.24, 2.45) is 5.92 Å². The van der Waals surface area contributed by atoms with Crippen molar-refractivity contribution in [1.29, 1.82) is 0 Å². The molecule has 1 aliphatic heterocycles. The van der Waals surface area contributed by atoms with E-state index in [1.807, 2.05) is 0 Å². The van der Waals surface area contributed by atoms with Gasteiger partial charge in [-0.2, -0.15) is 0 Å². The molecule has 1 saturated heterocycles. The first-order valence-corrected chi connectivity index (χ1v) is 9.48.